The number of para-hydroxylation sites is 1. The van der Waals surface area contributed by atoms with Crippen LogP contribution in [-0.4, -0.2) is 9.38 Å². The van der Waals surface area contributed by atoms with Gasteiger partial charge in [-0.1, -0.05) is 18.2 Å². The van der Waals surface area contributed by atoms with Crippen molar-refractivity contribution in [3.63, 3.8) is 0 Å². The fourth-order valence-corrected chi connectivity index (χ4v) is 2.84. The molecule has 4 aromatic rings. The molecule has 0 saturated heterocycles. The smallest absolute Gasteiger partial charge is 0.344 e. The van der Waals surface area contributed by atoms with E-state index in [1.165, 1.54) is 0 Å². The minimum Gasteiger partial charge on any atom is -0.422 e. The maximum Gasteiger partial charge on any atom is 0.344 e. The van der Waals surface area contributed by atoms with Gasteiger partial charge in [-0.25, -0.2) is 4.79 Å². The molecular weight excluding hydrogens is 276 g/mol. The molecule has 22 heavy (non-hydrogen) atoms. The van der Waals surface area contributed by atoms with Crippen LogP contribution in [0, 0.1) is 13.8 Å². The number of rotatable bonds is 1. The lowest BCUT2D eigenvalue weighted by Gasteiger charge is -1.99. The van der Waals surface area contributed by atoms with Gasteiger partial charge >= 0.3 is 5.63 Å². The molecule has 0 fully saturated rings. The number of hydrogen-bond acceptors (Lipinski definition) is 3. The van der Waals surface area contributed by atoms with Crippen molar-refractivity contribution in [3.8, 4) is 11.1 Å². The molecule has 0 amide bonds. The highest BCUT2D eigenvalue weighted by Crippen LogP contribution is 2.24. The first-order valence-corrected chi connectivity index (χ1v) is 7.11. The van der Waals surface area contributed by atoms with Crippen LogP contribution in [-0.2, 0) is 0 Å². The average molecular weight is 290 g/mol. The van der Waals surface area contributed by atoms with E-state index >= 15 is 0 Å². The second-order valence-electron chi connectivity index (χ2n) is 5.47. The van der Waals surface area contributed by atoms with Crippen LogP contribution in [0.2, 0.25) is 0 Å². The topological polar surface area (TPSA) is 47.5 Å². The summed E-state index contributed by atoms with van der Waals surface area (Å²) < 4.78 is 7.42. The highest BCUT2D eigenvalue weighted by atomic mass is 16.4. The molecule has 4 nitrogen and oxygen atoms in total. The molecule has 0 N–H and O–H groups in total. The summed E-state index contributed by atoms with van der Waals surface area (Å²) in [5.74, 6) is 0. The lowest BCUT2D eigenvalue weighted by Crippen LogP contribution is -2.01. The summed E-state index contributed by atoms with van der Waals surface area (Å²) in [5.41, 5.74) is 4.57. The van der Waals surface area contributed by atoms with Crippen LogP contribution in [0.25, 0.3) is 27.6 Å². The van der Waals surface area contributed by atoms with Gasteiger partial charge in [-0.15, -0.1) is 0 Å². The van der Waals surface area contributed by atoms with E-state index in [4.69, 9.17) is 4.42 Å². The van der Waals surface area contributed by atoms with Crippen LogP contribution in [0.3, 0.4) is 0 Å². The normalized spacial score (nSPS) is 11.4. The molecule has 0 unspecified atom stereocenters. The van der Waals surface area contributed by atoms with E-state index in [9.17, 15) is 4.79 Å². The second kappa shape index (κ2) is 4.56. The van der Waals surface area contributed by atoms with E-state index in [2.05, 4.69) is 4.98 Å². The van der Waals surface area contributed by atoms with Crippen LogP contribution in [0.5, 0.6) is 0 Å². The van der Waals surface area contributed by atoms with Gasteiger partial charge < -0.3 is 8.82 Å². The van der Waals surface area contributed by atoms with Crippen molar-refractivity contribution in [2.45, 2.75) is 13.8 Å². The van der Waals surface area contributed by atoms with Crippen LogP contribution < -0.4 is 5.63 Å². The number of benzene rings is 1. The van der Waals surface area contributed by atoms with Crippen molar-refractivity contribution >= 4 is 16.5 Å². The highest BCUT2D eigenvalue weighted by molar-refractivity contribution is 5.82. The summed E-state index contributed by atoms with van der Waals surface area (Å²) in [7, 11) is 0. The van der Waals surface area contributed by atoms with Crippen molar-refractivity contribution in [3.05, 3.63) is 70.6 Å². The lowest BCUT2D eigenvalue weighted by atomic mass is 10.1. The number of aromatic nitrogens is 2. The molecule has 3 aromatic heterocycles. The first-order valence-electron chi connectivity index (χ1n) is 7.11. The van der Waals surface area contributed by atoms with Crippen molar-refractivity contribution < 1.29 is 4.42 Å². The van der Waals surface area contributed by atoms with E-state index in [1.54, 1.807) is 6.07 Å². The minimum atomic E-state index is -0.322. The Kier molecular flexibility index (Phi) is 2.66. The van der Waals surface area contributed by atoms with Gasteiger partial charge in [0.15, 0.2) is 0 Å². The van der Waals surface area contributed by atoms with E-state index in [0.717, 1.165) is 27.9 Å². The average Bonchev–Trinajstić information content (AvgIpc) is 2.90. The van der Waals surface area contributed by atoms with Crippen molar-refractivity contribution in [2.24, 2.45) is 0 Å². The Morgan fingerprint density at radius 3 is 2.77 bits per heavy atom. The summed E-state index contributed by atoms with van der Waals surface area (Å²) in [5, 5.41) is 0.915. The first kappa shape index (κ1) is 12.8. The monoisotopic (exact) mass is 290 g/mol. The third-order valence-electron chi connectivity index (χ3n) is 3.84. The zero-order chi connectivity index (χ0) is 15.3. The Morgan fingerprint density at radius 1 is 1.09 bits per heavy atom. The fourth-order valence-electron chi connectivity index (χ4n) is 2.84. The van der Waals surface area contributed by atoms with Crippen LogP contribution >= 0.6 is 0 Å². The van der Waals surface area contributed by atoms with E-state index in [-0.39, 0.29) is 5.63 Å². The van der Waals surface area contributed by atoms with Gasteiger partial charge in [0.1, 0.15) is 5.58 Å². The molecule has 0 atom stereocenters. The predicted molar refractivity (Wildman–Crippen MR) is 86.1 cm³/mol. The third kappa shape index (κ3) is 1.92. The molecular formula is C18H14N2O2. The van der Waals surface area contributed by atoms with Gasteiger partial charge in [-0.05, 0) is 32.0 Å². The summed E-state index contributed by atoms with van der Waals surface area (Å²) >= 11 is 0. The van der Waals surface area contributed by atoms with Gasteiger partial charge in [-0.2, -0.15) is 0 Å². The zero-order valence-corrected chi connectivity index (χ0v) is 12.3. The first-order chi connectivity index (χ1) is 10.6. The largest absolute Gasteiger partial charge is 0.422 e. The van der Waals surface area contributed by atoms with Crippen molar-refractivity contribution in [1.29, 1.82) is 0 Å². The second-order valence-corrected chi connectivity index (χ2v) is 5.47. The molecule has 0 saturated carbocycles. The van der Waals surface area contributed by atoms with Crippen LogP contribution in [0.15, 0.2) is 58.0 Å². The summed E-state index contributed by atoms with van der Waals surface area (Å²) in [4.78, 5) is 16.7. The summed E-state index contributed by atoms with van der Waals surface area (Å²) in [6.07, 6.45) is 3.90. The SMILES string of the molecule is Cc1cn2cc(-c3cc4ccccc4oc3=O)cc2c(C)n1. The number of nitrogens with zero attached hydrogens (tertiary/aromatic N) is 2. The van der Waals surface area contributed by atoms with Gasteiger partial charge in [0.25, 0.3) is 0 Å². The summed E-state index contributed by atoms with van der Waals surface area (Å²) in [6, 6.07) is 11.4. The van der Waals surface area contributed by atoms with Crippen molar-refractivity contribution in [1.82, 2.24) is 9.38 Å². The Morgan fingerprint density at radius 2 is 1.91 bits per heavy atom. The molecule has 0 bridgehead atoms. The van der Waals surface area contributed by atoms with Crippen LogP contribution in [0.4, 0.5) is 0 Å². The quantitative estimate of drug-likeness (QED) is 0.502. The molecule has 0 aliphatic carbocycles. The third-order valence-corrected chi connectivity index (χ3v) is 3.84. The molecule has 3 heterocycles. The van der Waals surface area contributed by atoms with E-state index < -0.39 is 0 Å². The van der Waals surface area contributed by atoms with Gasteiger partial charge in [0.05, 0.1) is 22.5 Å². The molecule has 0 aliphatic rings. The predicted octanol–water partition coefficient (Wildman–Crippen LogP) is 3.72. The number of aryl methyl sites for hydroxylation is 2. The lowest BCUT2D eigenvalue weighted by molar-refractivity contribution is 0.563. The van der Waals surface area contributed by atoms with Gasteiger partial charge in [-0.3, -0.25) is 4.98 Å². The number of hydrogen-bond donors (Lipinski definition) is 0. The Hall–Kier alpha value is -2.88. The fraction of sp³-hybridized carbons (Fsp3) is 0.111. The van der Waals surface area contributed by atoms with Gasteiger partial charge in [0.2, 0.25) is 0 Å². The highest BCUT2D eigenvalue weighted by Gasteiger charge is 2.11. The molecule has 0 spiro atoms. The molecule has 0 radical (unpaired) electrons. The molecule has 0 aliphatic heterocycles. The Labute approximate surface area is 126 Å². The standard InChI is InChI=1S/C18H14N2O2/c1-11-9-20-10-14(8-16(20)12(2)19-11)15-7-13-5-3-4-6-17(13)22-18(15)21/h3-10H,1-2H3. The van der Waals surface area contributed by atoms with Gasteiger partial charge in [0, 0.05) is 23.3 Å². The Bertz CT molecular complexity index is 1070. The van der Waals surface area contributed by atoms with Crippen molar-refractivity contribution in [2.75, 3.05) is 0 Å². The molecule has 108 valence electrons. The zero-order valence-electron chi connectivity index (χ0n) is 12.3. The maximum absolute atomic E-state index is 12.3. The van der Waals surface area contributed by atoms with E-state index in [1.807, 2.05) is 61.0 Å². The minimum absolute atomic E-state index is 0.322. The molecule has 1 aromatic carbocycles. The molecule has 4 heteroatoms. The van der Waals surface area contributed by atoms with E-state index in [0.29, 0.717) is 11.1 Å². The number of fused-ring (bicyclic) bond motifs is 2. The molecule has 4 rings (SSSR count). The Balaban J connectivity index is 2.00. The maximum atomic E-state index is 12.3. The van der Waals surface area contributed by atoms with Crippen LogP contribution in [0.1, 0.15) is 11.4 Å². The summed E-state index contributed by atoms with van der Waals surface area (Å²) in [6.45, 7) is 3.92.